The Bertz CT molecular complexity index is 902. The van der Waals surface area contributed by atoms with Crippen molar-refractivity contribution in [3.05, 3.63) is 53.0 Å². The van der Waals surface area contributed by atoms with Crippen molar-refractivity contribution in [3.8, 4) is 11.4 Å². The SMILES string of the molecule is CCOc1ccccc1-n1nnnc1SCC(=O)Nc1cccc(Br)c1. The molecule has 0 saturated heterocycles. The quantitative estimate of drug-likeness (QED) is 0.573. The van der Waals surface area contributed by atoms with Crippen molar-refractivity contribution in [2.24, 2.45) is 0 Å². The fourth-order valence-electron chi connectivity index (χ4n) is 2.22. The fraction of sp³-hybridized carbons (Fsp3) is 0.176. The number of ether oxygens (including phenoxy) is 1. The molecular weight excluding hydrogens is 418 g/mol. The molecule has 3 rings (SSSR count). The molecule has 134 valence electrons. The number of aromatic nitrogens is 4. The molecule has 0 aliphatic rings. The number of carbonyl (C=O) groups is 1. The van der Waals surface area contributed by atoms with E-state index in [9.17, 15) is 4.79 Å². The summed E-state index contributed by atoms with van der Waals surface area (Å²) in [5, 5.41) is 15.1. The molecule has 0 saturated carbocycles. The van der Waals surface area contributed by atoms with E-state index in [1.165, 1.54) is 11.8 Å². The summed E-state index contributed by atoms with van der Waals surface area (Å²) in [4.78, 5) is 12.2. The first-order valence-electron chi connectivity index (χ1n) is 7.86. The molecule has 2 aromatic carbocycles. The summed E-state index contributed by atoms with van der Waals surface area (Å²) in [6.45, 7) is 2.45. The van der Waals surface area contributed by atoms with Gasteiger partial charge < -0.3 is 10.1 Å². The highest BCUT2D eigenvalue weighted by Crippen LogP contribution is 2.26. The lowest BCUT2D eigenvalue weighted by Crippen LogP contribution is -2.14. The number of hydrogen-bond acceptors (Lipinski definition) is 6. The summed E-state index contributed by atoms with van der Waals surface area (Å²) in [7, 11) is 0. The van der Waals surface area contributed by atoms with Crippen molar-refractivity contribution in [2.75, 3.05) is 17.7 Å². The number of tetrazole rings is 1. The third-order valence-electron chi connectivity index (χ3n) is 3.27. The molecule has 7 nitrogen and oxygen atoms in total. The Labute approximate surface area is 163 Å². The first-order chi connectivity index (χ1) is 12.7. The van der Waals surface area contributed by atoms with Gasteiger partial charge in [0.2, 0.25) is 11.1 Å². The summed E-state index contributed by atoms with van der Waals surface area (Å²) in [5.41, 5.74) is 1.46. The lowest BCUT2D eigenvalue weighted by atomic mass is 10.3. The highest BCUT2D eigenvalue weighted by atomic mass is 79.9. The summed E-state index contributed by atoms with van der Waals surface area (Å²) in [6.07, 6.45) is 0. The van der Waals surface area contributed by atoms with Gasteiger partial charge in [0.1, 0.15) is 11.4 Å². The van der Waals surface area contributed by atoms with Crippen LogP contribution in [0.1, 0.15) is 6.92 Å². The van der Waals surface area contributed by atoms with Crippen LogP contribution in [-0.2, 0) is 4.79 Å². The van der Waals surface area contributed by atoms with E-state index in [2.05, 4.69) is 36.8 Å². The van der Waals surface area contributed by atoms with Crippen molar-refractivity contribution >= 4 is 39.3 Å². The van der Waals surface area contributed by atoms with Gasteiger partial charge in [0, 0.05) is 10.2 Å². The summed E-state index contributed by atoms with van der Waals surface area (Å²) >= 11 is 4.63. The number of rotatable bonds is 7. The molecule has 0 bridgehead atoms. The number of carbonyl (C=O) groups excluding carboxylic acids is 1. The largest absolute Gasteiger partial charge is 0.492 e. The Morgan fingerprint density at radius 2 is 2.12 bits per heavy atom. The van der Waals surface area contributed by atoms with Crippen molar-refractivity contribution < 1.29 is 9.53 Å². The molecular formula is C17H16BrN5O2S. The Kier molecular flexibility index (Phi) is 6.24. The van der Waals surface area contributed by atoms with E-state index in [0.29, 0.717) is 17.5 Å². The van der Waals surface area contributed by atoms with E-state index >= 15 is 0 Å². The van der Waals surface area contributed by atoms with Crippen LogP contribution in [0.3, 0.4) is 0 Å². The predicted octanol–water partition coefficient (Wildman–Crippen LogP) is 3.55. The average molecular weight is 434 g/mol. The molecule has 0 aliphatic carbocycles. The second-order valence-electron chi connectivity index (χ2n) is 5.12. The Hall–Kier alpha value is -2.39. The zero-order valence-electron chi connectivity index (χ0n) is 13.9. The van der Waals surface area contributed by atoms with Gasteiger partial charge in [0.25, 0.3) is 0 Å². The minimum Gasteiger partial charge on any atom is -0.492 e. The molecule has 0 spiro atoms. The minimum absolute atomic E-state index is 0.138. The first kappa shape index (κ1) is 18.4. The Morgan fingerprint density at radius 1 is 1.27 bits per heavy atom. The molecule has 1 aromatic heterocycles. The van der Waals surface area contributed by atoms with Gasteiger partial charge in [-0.1, -0.05) is 45.9 Å². The van der Waals surface area contributed by atoms with E-state index in [1.807, 2.05) is 55.5 Å². The van der Waals surface area contributed by atoms with E-state index in [-0.39, 0.29) is 11.7 Å². The zero-order valence-corrected chi connectivity index (χ0v) is 16.3. The number of thioether (sulfide) groups is 1. The molecule has 9 heteroatoms. The maximum Gasteiger partial charge on any atom is 0.234 e. The number of hydrogen-bond donors (Lipinski definition) is 1. The maximum absolute atomic E-state index is 12.2. The van der Waals surface area contributed by atoms with Gasteiger partial charge in [0.05, 0.1) is 12.4 Å². The van der Waals surface area contributed by atoms with E-state index in [4.69, 9.17) is 4.74 Å². The molecule has 1 heterocycles. The van der Waals surface area contributed by atoms with Crippen LogP contribution in [0.4, 0.5) is 5.69 Å². The fourth-order valence-corrected chi connectivity index (χ4v) is 3.31. The molecule has 0 unspecified atom stereocenters. The third kappa shape index (κ3) is 4.61. The Morgan fingerprint density at radius 3 is 2.92 bits per heavy atom. The molecule has 0 radical (unpaired) electrons. The van der Waals surface area contributed by atoms with E-state index < -0.39 is 0 Å². The van der Waals surface area contributed by atoms with Crippen molar-refractivity contribution in [1.29, 1.82) is 0 Å². The van der Waals surface area contributed by atoms with Gasteiger partial charge in [-0.2, -0.15) is 4.68 Å². The van der Waals surface area contributed by atoms with Gasteiger partial charge >= 0.3 is 0 Å². The zero-order chi connectivity index (χ0) is 18.4. The van der Waals surface area contributed by atoms with Crippen LogP contribution in [0.5, 0.6) is 5.75 Å². The van der Waals surface area contributed by atoms with Crippen LogP contribution < -0.4 is 10.1 Å². The molecule has 3 aromatic rings. The smallest absolute Gasteiger partial charge is 0.234 e. The number of amides is 1. The first-order valence-corrected chi connectivity index (χ1v) is 9.64. The van der Waals surface area contributed by atoms with Crippen LogP contribution >= 0.6 is 27.7 Å². The van der Waals surface area contributed by atoms with Gasteiger partial charge in [0.15, 0.2) is 0 Å². The second-order valence-corrected chi connectivity index (χ2v) is 6.98. The third-order valence-corrected chi connectivity index (χ3v) is 4.69. The van der Waals surface area contributed by atoms with Gasteiger partial charge in [-0.05, 0) is 47.7 Å². The van der Waals surface area contributed by atoms with Crippen molar-refractivity contribution in [3.63, 3.8) is 0 Å². The highest BCUT2D eigenvalue weighted by molar-refractivity contribution is 9.10. The molecule has 1 N–H and O–H groups in total. The van der Waals surface area contributed by atoms with E-state index in [1.54, 1.807) is 4.68 Å². The van der Waals surface area contributed by atoms with Crippen LogP contribution in [0.25, 0.3) is 5.69 Å². The van der Waals surface area contributed by atoms with Crippen LogP contribution in [-0.4, -0.2) is 38.5 Å². The molecule has 0 fully saturated rings. The lowest BCUT2D eigenvalue weighted by Gasteiger charge is -2.10. The van der Waals surface area contributed by atoms with Gasteiger partial charge in [-0.25, -0.2) is 0 Å². The summed E-state index contributed by atoms with van der Waals surface area (Å²) in [6, 6.07) is 14.9. The molecule has 26 heavy (non-hydrogen) atoms. The van der Waals surface area contributed by atoms with Crippen LogP contribution in [0, 0.1) is 0 Å². The number of halogens is 1. The topological polar surface area (TPSA) is 81.9 Å². The van der Waals surface area contributed by atoms with Crippen LogP contribution in [0.15, 0.2) is 58.2 Å². The highest BCUT2D eigenvalue weighted by Gasteiger charge is 2.15. The predicted molar refractivity (Wildman–Crippen MR) is 104 cm³/mol. The van der Waals surface area contributed by atoms with Crippen LogP contribution in [0.2, 0.25) is 0 Å². The number of anilines is 1. The van der Waals surface area contributed by atoms with Gasteiger partial charge in [-0.15, -0.1) is 5.10 Å². The summed E-state index contributed by atoms with van der Waals surface area (Å²) < 4.78 is 8.10. The van der Waals surface area contributed by atoms with Crippen molar-refractivity contribution in [2.45, 2.75) is 12.1 Å². The number of benzene rings is 2. The normalized spacial score (nSPS) is 10.5. The molecule has 1 amide bonds. The molecule has 0 atom stereocenters. The molecule has 0 aliphatic heterocycles. The number of nitrogens with one attached hydrogen (secondary N) is 1. The Balaban J connectivity index is 1.69. The number of nitrogens with zero attached hydrogens (tertiary/aromatic N) is 4. The monoisotopic (exact) mass is 433 g/mol. The summed E-state index contributed by atoms with van der Waals surface area (Å²) in [5.74, 6) is 0.729. The minimum atomic E-state index is -0.138. The lowest BCUT2D eigenvalue weighted by molar-refractivity contribution is -0.113. The van der Waals surface area contributed by atoms with E-state index in [0.717, 1.165) is 15.8 Å². The standard InChI is InChI=1S/C17H16BrN5O2S/c1-2-25-15-9-4-3-8-14(15)23-17(20-21-22-23)26-11-16(24)19-13-7-5-6-12(18)10-13/h3-10H,2,11H2,1H3,(H,19,24). The number of para-hydroxylation sites is 2. The van der Waals surface area contributed by atoms with Crippen molar-refractivity contribution in [1.82, 2.24) is 20.2 Å². The second kappa shape index (κ2) is 8.81. The maximum atomic E-state index is 12.2. The van der Waals surface area contributed by atoms with Gasteiger partial charge in [-0.3, -0.25) is 4.79 Å². The average Bonchev–Trinajstić information content (AvgIpc) is 3.09.